The van der Waals surface area contributed by atoms with Crippen molar-refractivity contribution >= 4 is 21.6 Å². The van der Waals surface area contributed by atoms with Gasteiger partial charge in [-0.1, -0.05) is 5.16 Å². The summed E-state index contributed by atoms with van der Waals surface area (Å²) < 4.78 is 25.7. The van der Waals surface area contributed by atoms with Gasteiger partial charge in [0.25, 0.3) is 0 Å². The van der Waals surface area contributed by atoms with Gasteiger partial charge < -0.3 is 0 Å². The number of nitrogens with zero attached hydrogens (tertiary/aromatic N) is 1. The van der Waals surface area contributed by atoms with E-state index < -0.39 is 10.1 Å². The first-order chi connectivity index (χ1) is 6.79. The molecule has 0 spiro atoms. The van der Waals surface area contributed by atoms with E-state index in [1.54, 1.807) is 13.8 Å². The first kappa shape index (κ1) is 11.6. The Morgan fingerprint density at radius 2 is 1.67 bits per heavy atom. The molecule has 0 aliphatic heterocycles. The minimum atomic E-state index is -3.61. The third-order valence-corrected chi connectivity index (χ3v) is 2.07. The fraction of sp³-hybridized carbons (Fsp3) is 0.333. The summed E-state index contributed by atoms with van der Waals surface area (Å²) in [6.45, 7) is 3.33. The highest BCUT2D eigenvalue weighted by Crippen LogP contribution is 2.14. The van der Waals surface area contributed by atoms with Crippen molar-refractivity contribution < 1.29 is 17.5 Å². The number of hydrogen-bond acceptors (Lipinski definition) is 5. The van der Waals surface area contributed by atoms with Gasteiger partial charge in [0.15, 0.2) is 5.78 Å². The lowest BCUT2D eigenvalue weighted by Gasteiger charge is -2.09. The summed E-state index contributed by atoms with van der Waals surface area (Å²) in [7, 11) is -3.61. The van der Waals surface area contributed by atoms with Crippen LogP contribution in [0.5, 0.6) is 0 Å². The molecule has 6 heteroatoms. The van der Waals surface area contributed by atoms with E-state index in [4.69, 9.17) is 0 Å². The van der Waals surface area contributed by atoms with Gasteiger partial charge in [-0.25, -0.2) is 0 Å². The Morgan fingerprint density at radius 3 is 2.07 bits per heavy atom. The third kappa shape index (κ3) is 3.32. The van der Waals surface area contributed by atoms with Crippen molar-refractivity contribution in [3.63, 3.8) is 0 Å². The largest absolute Gasteiger partial charge is 0.325 e. The maximum atomic E-state index is 11.1. The van der Waals surface area contributed by atoms with E-state index in [1.165, 1.54) is 12.2 Å². The normalized spacial score (nSPS) is 17.0. The molecule has 1 aliphatic carbocycles. The summed E-state index contributed by atoms with van der Waals surface area (Å²) in [5, 5.41) is 3.49. The molecule has 0 fully saturated rings. The molecule has 0 heterocycles. The molecule has 0 saturated carbocycles. The minimum Gasteiger partial charge on any atom is -0.290 e. The lowest BCUT2D eigenvalue weighted by atomic mass is 9.98. The number of carbonyl (C=O) groups is 1. The predicted octanol–water partition coefficient (Wildman–Crippen LogP) is 0.794. The summed E-state index contributed by atoms with van der Waals surface area (Å²) in [5.41, 5.74) is 1.55. The summed E-state index contributed by atoms with van der Waals surface area (Å²) in [5.74, 6) is -0.136. The molecule has 0 atom stereocenters. The molecule has 0 bridgehead atoms. The molecule has 0 N–H and O–H groups in total. The topological polar surface area (TPSA) is 72.8 Å². The lowest BCUT2D eigenvalue weighted by molar-refractivity contribution is -0.110. The number of allylic oxidation sites excluding steroid dienone is 4. The average molecular weight is 229 g/mol. The minimum absolute atomic E-state index is 0.136. The van der Waals surface area contributed by atoms with Crippen molar-refractivity contribution in [2.75, 3.05) is 6.26 Å². The Morgan fingerprint density at radius 1 is 1.20 bits per heavy atom. The molecule has 1 aliphatic rings. The second kappa shape index (κ2) is 3.98. The van der Waals surface area contributed by atoms with E-state index in [2.05, 4.69) is 9.44 Å². The van der Waals surface area contributed by atoms with Crippen molar-refractivity contribution in [2.45, 2.75) is 13.8 Å². The van der Waals surface area contributed by atoms with Gasteiger partial charge in [-0.15, -0.1) is 0 Å². The van der Waals surface area contributed by atoms with Crippen molar-refractivity contribution in [3.8, 4) is 0 Å². The fourth-order valence-corrected chi connectivity index (χ4v) is 1.38. The zero-order chi connectivity index (χ0) is 11.6. The number of rotatable bonds is 2. The first-order valence-corrected chi connectivity index (χ1v) is 5.99. The van der Waals surface area contributed by atoms with E-state index in [9.17, 15) is 13.2 Å². The SMILES string of the molecule is CC1=CC(=O)C=C(C)C1=NOS(C)(=O)=O. The zero-order valence-electron chi connectivity index (χ0n) is 8.64. The highest BCUT2D eigenvalue weighted by Gasteiger charge is 2.14. The van der Waals surface area contributed by atoms with E-state index in [-0.39, 0.29) is 5.78 Å². The number of hydrogen-bond donors (Lipinski definition) is 0. The van der Waals surface area contributed by atoms with Crippen LogP contribution in [0.1, 0.15) is 13.8 Å². The van der Waals surface area contributed by atoms with Gasteiger partial charge in [-0.2, -0.15) is 8.42 Å². The van der Waals surface area contributed by atoms with Crippen LogP contribution in [0.15, 0.2) is 28.5 Å². The van der Waals surface area contributed by atoms with Gasteiger partial charge in [-0.3, -0.25) is 9.08 Å². The Balaban J connectivity index is 3.01. The molecule has 82 valence electrons. The highest BCUT2D eigenvalue weighted by atomic mass is 32.2. The van der Waals surface area contributed by atoms with Gasteiger partial charge in [-0.05, 0) is 37.1 Å². The van der Waals surface area contributed by atoms with Crippen molar-refractivity contribution in [3.05, 3.63) is 23.3 Å². The third-order valence-electron chi connectivity index (χ3n) is 1.73. The van der Waals surface area contributed by atoms with Crippen LogP contribution in [0.4, 0.5) is 0 Å². The molecule has 0 amide bonds. The van der Waals surface area contributed by atoms with E-state index >= 15 is 0 Å². The van der Waals surface area contributed by atoms with Gasteiger partial charge in [0.1, 0.15) is 5.71 Å². The van der Waals surface area contributed by atoms with Gasteiger partial charge in [0.2, 0.25) is 0 Å². The highest BCUT2D eigenvalue weighted by molar-refractivity contribution is 7.85. The van der Waals surface area contributed by atoms with Crippen molar-refractivity contribution in [1.82, 2.24) is 0 Å². The quantitative estimate of drug-likeness (QED) is 0.518. The second-order valence-electron chi connectivity index (χ2n) is 3.28. The number of carbonyl (C=O) groups excluding carboxylic acids is 1. The van der Waals surface area contributed by atoms with Crippen LogP contribution >= 0.6 is 0 Å². The molecule has 0 radical (unpaired) electrons. The van der Waals surface area contributed by atoms with Crippen molar-refractivity contribution in [1.29, 1.82) is 0 Å². The molecule has 0 saturated heterocycles. The van der Waals surface area contributed by atoms with Crippen LogP contribution in [0.3, 0.4) is 0 Å². The van der Waals surface area contributed by atoms with E-state index in [1.807, 2.05) is 0 Å². The van der Waals surface area contributed by atoms with Crippen LogP contribution in [0.25, 0.3) is 0 Å². The van der Waals surface area contributed by atoms with Gasteiger partial charge >= 0.3 is 10.1 Å². The lowest BCUT2D eigenvalue weighted by Crippen LogP contribution is -2.12. The Hall–Kier alpha value is -1.43. The number of oxime groups is 1. The Labute approximate surface area is 88.2 Å². The van der Waals surface area contributed by atoms with Crippen LogP contribution in [0, 0.1) is 0 Å². The maximum absolute atomic E-state index is 11.1. The van der Waals surface area contributed by atoms with Crippen LogP contribution in [0.2, 0.25) is 0 Å². The fourth-order valence-electron chi connectivity index (χ4n) is 1.17. The van der Waals surface area contributed by atoms with Gasteiger partial charge in [0, 0.05) is 0 Å². The van der Waals surface area contributed by atoms with Crippen LogP contribution in [-0.2, 0) is 19.2 Å². The van der Waals surface area contributed by atoms with Crippen molar-refractivity contribution in [2.24, 2.45) is 5.16 Å². The molecule has 15 heavy (non-hydrogen) atoms. The predicted molar refractivity (Wildman–Crippen MR) is 55.9 cm³/mol. The molecule has 0 aromatic rings. The van der Waals surface area contributed by atoms with E-state index in [0.29, 0.717) is 16.9 Å². The summed E-state index contributed by atoms with van der Waals surface area (Å²) in [6, 6.07) is 0. The summed E-state index contributed by atoms with van der Waals surface area (Å²) >= 11 is 0. The molecular weight excluding hydrogens is 218 g/mol. The molecule has 0 unspecified atom stereocenters. The smallest absolute Gasteiger partial charge is 0.290 e. The average Bonchev–Trinajstić information content (AvgIpc) is 1.99. The van der Waals surface area contributed by atoms with Crippen LogP contribution < -0.4 is 0 Å². The maximum Gasteiger partial charge on any atom is 0.325 e. The molecule has 0 aromatic carbocycles. The summed E-state index contributed by atoms with van der Waals surface area (Å²) in [6.07, 6.45) is 3.65. The second-order valence-corrected chi connectivity index (χ2v) is 4.83. The standard InChI is InChI=1S/C9H11NO4S/c1-6-4-8(11)5-7(2)9(6)10-14-15(3,12)13/h4-5H,1-3H3. The monoisotopic (exact) mass is 229 g/mol. The zero-order valence-corrected chi connectivity index (χ0v) is 9.46. The summed E-state index contributed by atoms with van der Waals surface area (Å²) in [4.78, 5) is 11.1. The number of ketones is 1. The van der Waals surface area contributed by atoms with Gasteiger partial charge in [0.05, 0.1) is 6.26 Å². The molecule has 5 nitrogen and oxygen atoms in total. The van der Waals surface area contributed by atoms with E-state index in [0.717, 1.165) is 6.26 Å². The first-order valence-electron chi connectivity index (χ1n) is 4.17. The Bertz CT molecular complexity index is 458. The van der Waals surface area contributed by atoms with Crippen LogP contribution in [-0.4, -0.2) is 26.2 Å². The molecule has 1 rings (SSSR count). The molecule has 0 aromatic heterocycles. The Kier molecular flexibility index (Phi) is 3.09. The molecular formula is C9H11NO4S.